The van der Waals surface area contributed by atoms with Gasteiger partial charge in [0, 0.05) is 23.1 Å². The maximum Gasteiger partial charge on any atom is 0.0329 e. The number of piperidine rings is 1. The molecule has 1 N–H and O–H groups in total. The third kappa shape index (κ3) is 2.74. The van der Waals surface area contributed by atoms with Gasteiger partial charge in [-0.05, 0) is 56.0 Å². The molecule has 0 aromatic heterocycles. The summed E-state index contributed by atoms with van der Waals surface area (Å²) in [5.74, 6) is 0.745. The lowest BCUT2D eigenvalue weighted by Crippen LogP contribution is -2.47. The van der Waals surface area contributed by atoms with E-state index in [0.717, 1.165) is 5.92 Å². The van der Waals surface area contributed by atoms with Crippen LogP contribution in [-0.2, 0) is 6.42 Å². The fourth-order valence-electron chi connectivity index (χ4n) is 3.64. The normalized spacial score (nSPS) is 31.4. The van der Waals surface area contributed by atoms with Crippen LogP contribution < -0.4 is 5.32 Å². The molecule has 3 atom stereocenters. The van der Waals surface area contributed by atoms with Crippen LogP contribution in [0.4, 0.5) is 0 Å². The minimum absolute atomic E-state index is 0.559. The van der Waals surface area contributed by atoms with Crippen LogP contribution >= 0.6 is 15.9 Å². The number of hydrogen-bond donors (Lipinski definition) is 1. The number of halogens is 1. The van der Waals surface area contributed by atoms with E-state index in [1.54, 1.807) is 0 Å². The first-order valence-electron chi connectivity index (χ1n) is 7.37. The molecule has 3 rings (SSSR count). The van der Waals surface area contributed by atoms with Gasteiger partial charge in [0.05, 0.1) is 0 Å². The largest absolute Gasteiger partial charge is 0.307 e. The zero-order valence-electron chi connectivity index (χ0n) is 11.8. The second kappa shape index (κ2) is 5.55. The van der Waals surface area contributed by atoms with Gasteiger partial charge in [0.1, 0.15) is 0 Å². The van der Waals surface area contributed by atoms with Crippen molar-refractivity contribution in [1.82, 2.24) is 10.2 Å². The maximum atomic E-state index is 3.92. The highest BCUT2D eigenvalue weighted by Crippen LogP contribution is 2.36. The molecule has 1 aliphatic carbocycles. The Morgan fingerprint density at radius 3 is 2.95 bits per heavy atom. The van der Waals surface area contributed by atoms with Crippen LogP contribution in [0.3, 0.4) is 0 Å². The average Bonchev–Trinajstić information content (AvgIpc) is 2.78. The summed E-state index contributed by atoms with van der Waals surface area (Å²) in [4.78, 5) is 2.45. The molecule has 1 heterocycles. The summed E-state index contributed by atoms with van der Waals surface area (Å²) in [6.07, 6.45) is 3.73. The molecule has 0 spiro atoms. The number of hydrogen-bond acceptors (Lipinski definition) is 2. The second-order valence-electron chi connectivity index (χ2n) is 6.20. The number of benzene rings is 1. The SMILES string of the molecule is CC1CN(C)CCC1NC1CCc2c(Br)cccc21. The summed E-state index contributed by atoms with van der Waals surface area (Å²) in [6, 6.07) is 7.86. The van der Waals surface area contributed by atoms with E-state index in [9.17, 15) is 0 Å². The summed E-state index contributed by atoms with van der Waals surface area (Å²) in [5.41, 5.74) is 3.03. The molecule has 1 aromatic rings. The molecule has 104 valence electrons. The molecule has 0 radical (unpaired) electrons. The Balaban J connectivity index is 1.71. The highest BCUT2D eigenvalue weighted by Gasteiger charge is 2.30. The van der Waals surface area contributed by atoms with E-state index in [-0.39, 0.29) is 0 Å². The van der Waals surface area contributed by atoms with Gasteiger partial charge in [0.25, 0.3) is 0 Å². The van der Waals surface area contributed by atoms with Crippen molar-refractivity contribution in [1.29, 1.82) is 0 Å². The number of rotatable bonds is 2. The molecular weight excluding hydrogens is 300 g/mol. The van der Waals surface area contributed by atoms with Crippen molar-refractivity contribution < 1.29 is 0 Å². The number of nitrogens with zero attached hydrogens (tertiary/aromatic N) is 1. The maximum absolute atomic E-state index is 3.92. The van der Waals surface area contributed by atoms with E-state index >= 15 is 0 Å². The van der Waals surface area contributed by atoms with Crippen molar-refractivity contribution in [2.24, 2.45) is 5.92 Å². The Hall–Kier alpha value is -0.380. The lowest BCUT2D eigenvalue weighted by molar-refractivity contribution is 0.166. The van der Waals surface area contributed by atoms with Crippen molar-refractivity contribution in [3.8, 4) is 0 Å². The minimum atomic E-state index is 0.559. The van der Waals surface area contributed by atoms with Crippen molar-refractivity contribution in [2.45, 2.75) is 38.3 Å². The molecule has 19 heavy (non-hydrogen) atoms. The molecule has 1 saturated heterocycles. The summed E-state index contributed by atoms with van der Waals surface area (Å²) < 4.78 is 1.28. The molecule has 2 nitrogen and oxygen atoms in total. The summed E-state index contributed by atoms with van der Waals surface area (Å²) in [6.45, 7) is 4.82. The Kier molecular flexibility index (Phi) is 3.97. The minimum Gasteiger partial charge on any atom is -0.307 e. The molecule has 1 aromatic carbocycles. The number of fused-ring (bicyclic) bond motifs is 1. The van der Waals surface area contributed by atoms with Crippen LogP contribution in [0.1, 0.15) is 36.9 Å². The molecule has 1 aliphatic heterocycles. The van der Waals surface area contributed by atoms with Crippen molar-refractivity contribution in [3.05, 3.63) is 33.8 Å². The Labute approximate surface area is 124 Å². The first-order chi connectivity index (χ1) is 9.15. The molecule has 2 aliphatic rings. The number of nitrogens with one attached hydrogen (secondary N) is 1. The standard InChI is InChI=1S/C16H23BrN2/c1-11-10-19(2)9-8-15(11)18-16-7-6-12-13(16)4-3-5-14(12)17/h3-5,11,15-16,18H,6-10H2,1-2H3. The van der Waals surface area contributed by atoms with Crippen molar-refractivity contribution >= 4 is 15.9 Å². The summed E-state index contributed by atoms with van der Waals surface area (Å²) in [5, 5.41) is 3.92. The lowest BCUT2D eigenvalue weighted by Gasteiger charge is -2.37. The summed E-state index contributed by atoms with van der Waals surface area (Å²) in [7, 11) is 2.23. The van der Waals surface area contributed by atoms with Gasteiger partial charge in [-0.1, -0.05) is 35.0 Å². The quantitative estimate of drug-likeness (QED) is 0.898. The van der Waals surface area contributed by atoms with Crippen LogP contribution in [0.25, 0.3) is 0 Å². The van der Waals surface area contributed by atoms with Crippen LogP contribution in [0.2, 0.25) is 0 Å². The molecule has 0 amide bonds. The highest BCUT2D eigenvalue weighted by atomic mass is 79.9. The first-order valence-corrected chi connectivity index (χ1v) is 8.16. The Morgan fingerprint density at radius 1 is 1.32 bits per heavy atom. The van der Waals surface area contributed by atoms with Crippen LogP contribution in [0, 0.1) is 5.92 Å². The third-order valence-corrected chi connectivity index (χ3v) is 5.48. The lowest BCUT2D eigenvalue weighted by atomic mass is 9.93. The Bertz CT molecular complexity index is 460. The zero-order valence-corrected chi connectivity index (χ0v) is 13.4. The summed E-state index contributed by atoms with van der Waals surface area (Å²) >= 11 is 3.69. The van der Waals surface area contributed by atoms with E-state index in [1.807, 2.05) is 0 Å². The average molecular weight is 323 g/mol. The predicted octanol–water partition coefficient (Wildman–Crippen LogP) is 3.37. The second-order valence-corrected chi connectivity index (χ2v) is 7.05. The van der Waals surface area contributed by atoms with E-state index < -0.39 is 0 Å². The molecule has 0 saturated carbocycles. The van der Waals surface area contributed by atoms with Gasteiger partial charge < -0.3 is 10.2 Å². The third-order valence-electron chi connectivity index (χ3n) is 4.74. The fourth-order valence-corrected chi connectivity index (χ4v) is 4.22. The van der Waals surface area contributed by atoms with Gasteiger partial charge >= 0.3 is 0 Å². The van der Waals surface area contributed by atoms with Gasteiger partial charge in [-0.2, -0.15) is 0 Å². The van der Waals surface area contributed by atoms with Gasteiger partial charge in [-0.3, -0.25) is 0 Å². The van der Waals surface area contributed by atoms with Gasteiger partial charge in [0.2, 0.25) is 0 Å². The van der Waals surface area contributed by atoms with Crippen LogP contribution in [0.5, 0.6) is 0 Å². The molecule has 3 unspecified atom stereocenters. The Morgan fingerprint density at radius 2 is 2.16 bits per heavy atom. The van der Waals surface area contributed by atoms with Gasteiger partial charge in [0.15, 0.2) is 0 Å². The van der Waals surface area contributed by atoms with E-state index in [4.69, 9.17) is 0 Å². The van der Waals surface area contributed by atoms with Crippen LogP contribution in [0.15, 0.2) is 22.7 Å². The van der Waals surface area contributed by atoms with Crippen molar-refractivity contribution in [3.63, 3.8) is 0 Å². The monoisotopic (exact) mass is 322 g/mol. The van der Waals surface area contributed by atoms with Gasteiger partial charge in [-0.25, -0.2) is 0 Å². The molecular formula is C16H23BrN2. The number of likely N-dealkylation sites (tertiary alicyclic amines) is 1. The molecule has 1 fully saturated rings. The van der Waals surface area contributed by atoms with E-state index in [0.29, 0.717) is 12.1 Å². The molecule has 3 heteroatoms. The predicted molar refractivity (Wildman–Crippen MR) is 83.4 cm³/mol. The smallest absolute Gasteiger partial charge is 0.0329 e. The fraction of sp³-hybridized carbons (Fsp3) is 0.625. The van der Waals surface area contributed by atoms with E-state index in [2.05, 4.69) is 58.3 Å². The van der Waals surface area contributed by atoms with Crippen LogP contribution in [-0.4, -0.2) is 31.1 Å². The molecule has 0 bridgehead atoms. The van der Waals surface area contributed by atoms with Crippen molar-refractivity contribution in [2.75, 3.05) is 20.1 Å². The highest BCUT2D eigenvalue weighted by molar-refractivity contribution is 9.10. The van der Waals surface area contributed by atoms with Gasteiger partial charge in [-0.15, -0.1) is 0 Å². The topological polar surface area (TPSA) is 15.3 Å². The first kappa shape index (κ1) is 13.6. The van der Waals surface area contributed by atoms with E-state index in [1.165, 1.54) is 48.0 Å². The zero-order chi connectivity index (χ0) is 13.4.